The highest BCUT2D eigenvalue weighted by Gasteiger charge is 2.24. The number of methoxy groups -OCH3 is 1. The Bertz CT molecular complexity index is 1240. The number of ether oxygens (including phenoxy) is 1. The monoisotopic (exact) mass is 493 g/mol. The van der Waals surface area contributed by atoms with Crippen LogP contribution >= 0.6 is 11.6 Å². The minimum atomic E-state index is -3.21. The van der Waals surface area contributed by atoms with Crippen molar-refractivity contribution in [2.75, 3.05) is 30.9 Å². The molecule has 0 bridgehead atoms. The van der Waals surface area contributed by atoms with Crippen LogP contribution in [0.4, 0.5) is 5.82 Å². The van der Waals surface area contributed by atoms with E-state index in [-0.39, 0.29) is 18.4 Å². The van der Waals surface area contributed by atoms with Crippen LogP contribution in [-0.2, 0) is 16.6 Å². The first-order valence-electron chi connectivity index (χ1n) is 10.9. The van der Waals surface area contributed by atoms with E-state index in [0.29, 0.717) is 47.3 Å². The van der Waals surface area contributed by atoms with Crippen LogP contribution in [0.25, 0.3) is 17.0 Å². The fourth-order valence-electron chi connectivity index (χ4n) is 4.10. The van der Waals surface area contributed by atoms with E-state index < -0.39 is 10.0 Å². The predicted octanol–water partition coefficient (Wildman–Crippen LogP) is 2.85. The summed E-state index contributed by atoms with van der Waals surface area (Å²) in [5.41, 5.74) is 2.03. The first-order chi connectivity index (χ1) is 15.8. The van der Waals surface area contributed by atoms with E-state index in [4.69, 9.17) is 21.3 Å². The van der Waals surface area contributed by atoms with Gasteiger partial charge in [-0.2, -0.15) is 4.98 Å². The van der Waals surface area contributed by atoms with Gasteiger partial charge in [0.15, 0.2) is 0 Å². The zero-order valence-electron chi connectivity index (χ0n) is 18.7. The Hall–Kier alpha value is -2.40. The lowest BCUT2D eigenvalue weighted by Gasteiger charge is -2.32. The number of imidazole rings is 1. The molecule has 0 unspecified atom stereocenters. The molecule has 4 rings (SSSR count). The van der Waals surface area contributed by atoms with Gasteiger partial charge in [0, 0.05) is 37.1 Å². The second kappa shape index (κ2) is 9.84. The number of piperidine rings is 1. The first kappa shape index (κ1) is 23.7. The molecular formula is C22H28ClN5O4S. The number of aromatic nitrogens is 3. The zero-order valence-corrected chi connectivity index (χ0v) is 20.2. The summed E-state index contributed by atoms with van der Waals surface area (Å²) in [6.07, 6.45) is 5.79. The highest BCUT2D eigenvalue weighted by Crippen LogP contribution is 2.34. The number of hydrogen-bond donors (Lipinski definition) is 2. The molecular weight excluding hydrogens is 466 g/mol. The summed E-state index contributed by atoms with van der Waals surface area (Å²) in [6, 6.07) is 5.32. The SMILES string of the molecule is CCCS(=O)(=O)NC1CCN(c2ccn3cc(-c4cc(Cl)c(OC)cc4CO)nc3n2)CC1. The second-order valence-corrected chi connectivity index (χ2v) is 10.4. The minimum Gasteiger partial charge on any atom is -0.495 e. The number of rotatable bonds is 8. The van der Waals surface area contributed by atoms with Gasteiger partial charge in [0.05, 0.1) is 30.2 Å². The summed E-state index contributed by atoms with van der Waals surface area (Å²) in [4.78, 5) is 11.5. The lowest BCUT2D eigenvalue weighted by Crippen LogP contribution is -2.45. The molecule has 1 aliphatic rings. The predicted molar refractivity (Wildman–Crippen MR) is 128 cm³/mol. The van der Waals surface area contributed by atoms with Crippen LogP contribution in [0.1, 0.15) is 31.7 Å². The van der Waals surface area contributed by atoms with E-state index in [1.165, 1.54) is 7.11 Å². The van der Waals surface area contributed by atoms with Gasteiger partial charge in [-0.3, -0.25) is 4.40 Å². The average molecular weight is 494 g/mol. The molecule has 1 aliphatic heterocycles. The molecule has 0 atom stereocenters. The van der Waals surface area contributed by atoms with Gasteiger partial charge in [0.25, 0.3) is 0 Å². The second-order valence-electron chi connectivity index (χ2n) is 8.12. The third-order valence-corrected chi connectivity index (χ3v) is 7.71. The molecule has 3 aromatic rings. The van der Waals surface area contributed by atoms with Crippen LogP contribution in [0.3, 0.4) is 0 Å². The van der Waals surface area contributed by atoms with Crippen LogP contribution in [0, 0.1) is 0 Å². The molecule has 1 aromatic carbocycles. The highest BCUT2D eigenvalue weighted by atomic mass is 35.5. The van der Waals surface area contributed by atoms with Crippen molar-refractivity contribution in [2.24, 2.45) is 0 Å². The molecule has 11 heteroatoms. The fourth-order valence-corrected chi connectivity index (χ4v) is 5.74. The van der Waals surface area contributed by atoms with Crippen molar-refractivity contribution in [1.29, 1.82) is 0 Å². The molecule has 0 radical (unpaired) electrons. The van der Waals surface area contributed by atoms with Crippen molar-refractivity contribution in [3.63, 3.8) is 0 Å². The van der Waals surface area contributed by atoms with E-state index in [2.05, 4.69) is 14.6 Å². The Morgan fingerprint density at radius 3 is 2.70 bits per heavy atom. The summed E-state index contributed by atoms with van der Waals surface area (Å²) in [5, 5.41) is 10.2. The molecule has 1 fully saturated rings. The van der Waals surface area contributed by atoms with Gasteiger partial charge in [0.2, 0.25) is 15.8 Å². The zero-order chi connectivity index (χ0) is 23.6. The smallest absolute Gasteiger partial charge is 0.236 e. The number of benzene rings is 1. The van der Waals surface area contributed by atoms with Gasteiger partial charge in [-0.25, -0.2) is 18.1 Å². The van der Waals surface area contributed by atoms with Gasteiger partial charge in [-0.05, 0) is 43.0 Å². The molecule has 0 aliphatic carbocycles. The van der Waals surface area contributed by atoms with Crippen molar-refractivity contribution in [2.45, 2.75) is 38.8 Å². The normalized spacial score (nSPS) is 15.3. The van der Waals surface area contributed by atoms with Crippen LogP contribution in [0.2, 0.25) is 5.02 Å². The Morgan fingerprint density at radius 1 is 1.27 bits per heavy atom. The van der Waals surface area contributed by atoms with Gasteiger partial charge < -0.3 is 14.7 Å². The van der Waals surface area contributed by atoms with E-state index in [1.807, 2.05) is 29.8 Å². The minimum absolute atomic E-state index is 0.0451. The van der Waals surface area contributed by atoms with Crippen LogP contribution in [0.15, 0.2) is 30.6 Å². The van der Waals surface area contributed by atoms with E-state index >= 15 is 0 Å². The third kappa shape index (κ3) is 5.24. The Balaban J connectivity index is 1.52. The topological polar surface area (TPSA) is 109 Å². The number of sulfonamides is 1. The number of aliphatic hydroxyl groups is 1. The van der Waals surface area contributed by atoms with E-state index in [9.17, 15) is 13.5 Å². The van der Waals surface area contributed by atoms with Gasteiger partial charge in [-0.1, -0.05) is 18.5 Å². The molecule has 1 saturated heterocycles. The summed E-state index contributed by atoms with van der Waals surface area (Å²) < 4.78 is 34.0. The molecule has 0 amide bonds. The standard InChI is InChI=1S/C22H28ClN5O4S/c1-3-10-33(30,31)26-16-4-7-27(8-5-16)21-6-9-28-13-19(24-22(28)25-21)17-12-18(23)20(32-2)11-15(17)14-29/h6,9,11-13,16,26,29H,3-5,7-8,10,14H2,1-2H3. The van der Waals surface area contributed by atoms with Gasteiger partial charge >= 0.3 is 0 Å². The molecule has 33 heavy (non-hydrogen) atoms. The Labute approximate surface area is 198 Å². The summed E-state index contributed by atoms with van der Waals surface area (Å²) >= 11 is 6.30. The van der Waals surface area contributed by atoms with Gasteiger partial charge in [0.1, 0.15) is 11.6 Å². The van der Waals surface area contributed by atoms with Crippen molar-refractivity contribution in [3.8, 4) is 17.0 Å². The van der Waals surface area contributed by atoms with Crippen molar-refractivity contribution >= 4 is 33.2 Å². The third-order valence-electron chi connectivity index (χ3n) is 5.77. The van der Waals surface area contributed by atoms with Crippen molar-refractivity contribution in [3.05, 3.63) is 41.2 Å². The Kier molecular flexibility index (Phi) is 7.08. The quantitative estimate of drug-likeness (QED) is 0.496. The summed E-state index contributed by atoms with van der Waals surface area (Å²) in [7, 11) is -1.68. The van der Waals surface area contributed by atoms with Crippen LogP contribution < -0.4 is 14.4 Å². The van der Waals surface area contributed by atoms with Crippen LogP contribution in [-0.4, -0.2) is 59.9 Å². The number of halogens is 1. The highest BCUT2D eigenvalue weighted by molar-refractivity contribution is 7.89. The molecule has 2 aromatic heterocycles. The number of fused-ring (bicyclic) bond motifs is 1. The molecule has 0 saturated carbocycles. The van der Waals surface area contributed by atoms with E-state index in [0.717, 1.165) is 24.2 Å². The average Bonchev–Trinajstić information content (AvgIpc) is 3.22. The molecule has 0 spiro atoms. The van der Waals surface area contributed by atoms with Crippen molar-refractivity contribution < 1.29 is 18.3 Å². The van der Waals surface area contributed by atoms with Gasteiger partial charge in [-0.15, -0.1) is 0 Å². The lowest BCUT2D eigenvalue weighted by molar-refractivity contribution is 0.281. The number of anilines is 1. The van der Waals surface area contributed by atoms with E-state index in [1.54, 1.807) is 12.1 Å². The number of nitrogens with one attached hydrogen (secondary N) is 1. The van der Waals surface area contributed by atoms with Crippen LogP contribution in [0.5, 0.6) is 5.75 Å². The largest absolute Gasteiger partial charge is 0.495 e. The maximum absolute atomic E-state index is 12.0. The molecule has 2 N–H and O–H groups in total. The first-order valence-corrected chi connectivity index (χ1v) is 12.9. The maximum atomic E-state index is 12.0. The summed E-state index contributed by atoms with van der Waals surface area (Å²) in [5.74, 6) is 1.98. The number of aliphatic hydroxyl groups excluding tert-OH is 1. The summed E-state index contributed by atoms with van der Waals surface area (Å²) in [6.45, 7) is 3.10. The van der Waals surface area contributed by atoms with Crippen molar-refractivity contribution in [1.82, 2.24) is 19.1 Å². The number of nitrogens with zero attached hydrogens (tertiary/aromatic N) is 4. The molecule has 178 valence electrons. The lowest BCUT2D eigenvalue weighted by atomic mass is 10.1. The number of hydrogen-bond acceptors (Lipinski definition) is 7. The fraction of sp³-hybridized carbons (Fsp3) is 0.455. The molecule has 9 nitrogen and oxygen atoms in total. The maximum Gasteiger partial charge on any atom is 0.236 e. The Morgan fingerprint density at radius 2 is 2.03 bits per heavy atom. The molecule has 3 heterocycles.